The van der Waals surface area contributed by atoms with Crippen molar-refractivity contribution in [2.24, 2.45) is 0 Å². The van der Waals surface area contributed by atoms with Gasteiger partial charge in [-0.15, -0.1) is 5.10 Å². The van der Waals surface area contributed by atoms with Crippen molar-refractivity contribution in [3.05, 3.63) is 65.2 Å². The summed E-state index contributed by atoms with van der Waals surface area (Å²) in [6.45, 7) is 4.22. The fraction of sp³-hybridized carbons (Fsp3) is 0.269. The number of aryl methyl sites for hydroxylation is 2. The summed E-state index contributed by atoms with van der Waals surface area (Å²) >= 11 is 0. The summed E-state index contributed by atoms with van der Waals surface area (Å²) in [7, 11) is 1.60. The van der Waals surface area contributed by atoms with Gasteiger partial charge in [0.1, 0.15) is 17.2 Å². The molecule has 4 aromatic rings. The zero-order valence-electron chi connectivity index (χ0n) is 18.9. The number of nitrogens with zero attached hydrogens (tertiary/aromatic N) is 4. The van der Waals surface area contributed by atoms with Crippen molar-refractivity contribution in [2.45, 2.75) is 39.0 Å². The van der Waals surface area contributed by atoms with Gasteiger partial charge in [0.2, 0.25) is 0 Å². The Morgan fingerprint density at radius 3 is 2.45 bits per heavy atom. The number of methoxy groups -OCH3 is 1. The quantitative estimate of drug-likeness (QED) is 0.450. The molecule has 1 aliphatic carbocycles. The highest BCUT2D eigenvalue weighted by Gasteiger charge is 2.21. The molecule has 1 heterocycles. The Kier molecular flexibility index (Phi) is 5.24. The normalized spacial score (nSPS) is 12.8. The Balaban J connectivity index is 1.65. The van der Waals surface area contributed by atoms with E-state index in [2.05, 4.69) is 41.5 Å². The second kappa shape index (κ2) is 8.24. The molecule has 7 heteroatoms. The molecule has 3 aromatic carbocycles. The maximum absolute atomic E-state index is 10.7. The average molecular weight is 443 g/mol. The molecule has 1 aromatic heterocycles. The summed E-state index contributed by atoms with van der Waals surface area (Å²) in [6.07, 6.45) is 3.29. The highest BCUT2D eigenvalue weighted by Crippen LogP contribution is 2.43. The van der Waals surface area contributed by atoms with Gasteiger partial charge in [0.25, 0.3) is 0 Å². The molecule has 1 aliphatic rings. The lowest BCUT2D eigenvalue weighted by atomic mass is 9.94. The van der Waals surface area contributed by atoms with Gasteiger partial charge in [-0.1, -0.05) is 26.0 Å². The number of aromatic hydroxyl groups is 2. The van der Waals surface area contributed by atoms with E-state index in [0.29, 0.717) is 28.6 Å². The van der Waals surface area contributed by atoms with Crippen molar-refractivity contribution in [3.8, 4) is 45.5 Å². The molecule has 0 amide bonds. The fourth-order valence-corrected chi connectivity index (χ4v) is 4.49. The Morgan fingerprint density at radius 1 is 0.879 bits per heavy atom. The smallest absolute Gasteiger partial charge is 0.190 e. The predicted octanol–water partition coefficient (Wildman–Crippen LogP) is 5.03. The van der Waals surface area contributed by atoms with Gasteiger partial charge < -0.3 is 14.9 Å². The van der Waals surface area contributed by atoms with E-state index >= 15 is 0 Å². The van der Waals surface area contributed by atoms with Crippen LogP contribution in [0, 0.1) is 0 Å². The number of phenolic OH excluding ortho intramolecular Hbond substituents is 2. The number of fused-ring (bicyclic) bond motifs is 1. The third-order valence-electron chi connectivity index (χ3n) is 6.33. The van der Waals surface area contributed by atoms with E-state index in [1.165, 1.54) is 17.2 Å². The van der Waals surface area contributed by atoms with Gasteiger partial charge in [-0.25, -0.2) is 0 Å². The molecule has 5 rings (SSSR count). The third-order valence-corrected chi connectivity index (χ3v) is 6.33. The van der Waals surface area contributed by atoms with Crippen LogP contribution in [-0.4, -0.2) is 37.5 Å². The number of benzene rings is 3. The average Bonchev–Trinajstić information content (AvgIpc) is 3.47. The fourth-order valence-electron chi connectivity index (χ4n) is 4.49. The molecule has 0 saturated heterocycles. The summed E-state index contributed by atoms with van der Waals surface area (Å²) < 4.78 is 7.19. The highest BCUT2D eigenvalue weighted by atomic mass is 16.5. The van der Waals surface area contributed by atoms with Crippen LogP contribution in [0.2, 0.25) is 0 Å². The maximum Gasteiger partial charge on any atom is 0.190 e. The monoisotopic (exact) mass is 442 g/mol. The SMILES string of the molecule is COc1ccc(C(C)C)cc1-c1cc(-c2nnnn2-c2ccc3c(c2)CCC3)c(O)cc1O. The first-order valence-corrected chi connectivity index (χ1v) is 11.1. The summed E-state index contributed by atoms with van der Waals surface area (Å²) in [5.74, 6) is 1.18. The first-order chi connectivity index (χ1) is 16.0. The Bertz CT molecular complexity index is 1340. The largest absolute Gasteiger partial charge is 0.507 e. The topological polar surface area (TPSA) is 93.3 Å². The second-order valence-electron chi connectivity index (χ2n) is 8.72. The molecular formula is C26H26N4O3. The van der Waals surface area contributed by atoms with Crippen LogP contribution in [-0.2, 0) is 12.8 Å². The zero-order valence-corrected chi connectivity index (χ0v) is 18.9. The molecule has 7 nitrogen and oxygen atoms in total. The predicted molar refractivity (Wildman–Crippen MR) is 126 cm³/mol. The number of aromatic nitrogens is 4. The van der Waals surface area contributed by atoms with Crippen LogP contribution in [0.25, 0.3) is 28.2 Å². The summed E-state index contributed by atoms with van der Waals surface area (Å²) in [5.41, 5.74) is 6.31. The number of hydrogen-bond donors (Lipinski definition) is 2. The second-order valence-corrected chi connectivity index (χ2v) is 8.72. The van der Waals surface area contributed by atoms with Crippen LogP contribution < -0.4 is 4.74 Å². The van der Waals surface area contributed by atoms with Crippen LogP contribution in [0.3, 0.4) is 0 Å². The van der Waals surface area contributed by atoms with Crippen molar-refractivity contribution in [1.82, 2.24) is 20.2 Å². The summed E-state index contributed by atoms with van der Waals surface area (Å²) in [4.78, 5) is 0. The molecule has 2 N–H and O–H groups in total. The lowest BCUT2D eigenvalue weighted by Crippen LogP contribution is -2.01. The molecule has 0 radical (unpaired) electrons. The first kappa shape index (κ1) is 21.0. The minimum absolute atomic E-state index is 0.0491. The Morgan fingerprint density at radius 2 is 1.67 bits per heavy atom. The van der Waals surface area contributed by atoms with Crippen molar-refractivity contribution in [2.75, 3.05) is 7.11 Å². The van der Waals surface area contributed by atoms with Gasteiger partial charge in [0.15, 0.2) is 5.82 Å². The van der Waals surface area contributed by atoms with Crippen molar-refractivity contribution in [3.63, 3.8) is 0 Å². The Hall–Kier alpha value is -3.87. The Labute approximate surface area is 192 Å². The molecule has 0 aliphatic heterocycles. The molecule has 0 atom stereocenters. The van der Waals surface area contributed by atoms with Crippen LogP contribution in [0.15, 0.2) is 48.5 Å². The summed E-state index contributed by atoms with van der Waals surface area (Å²) in [6, 6.07) is 15.2. The number of hydrogen-bond acceptors (Lipinski definition) is 6. The number of rotatable bonds is 5. The lowest BCUT2D eigenvalue weighted by molar-refractivity contribution is 0.415. The molecule has 0 bridgehead atoms. The molecule has 0 unspecified atom stereocenters. The highest BCUT2D eigenvalue weighted by molar-refractivity contribution is 5.82. The lowest BCUT2D eigenvalue weighted by Gasteiger charge is -2.16. The van der Waals surface area contributed by atoms with Gasteiger partial charge in [-0.05, 0) is 82.6 Å². The van der Waals surface area contributed by atoms with Crippen molar-refractivity contribution < 1.29 is 14.9 Å². The van der Waals surface area contributed by atoms with Crippen LogP contribution in [0.1, 0.15) is 42.9 Å². The van der Waals surface area contributed by atoms with E-state index < -0.39 is 0 Å². The van der Waals surface area contributed by atoms with Gasteiger partial charge >= 0.3 is 0 Å². The molecule has 0 fully saturated rings. The number of ether oxygens (including phenoxy) is 1. The van der Waals surface area contributed by atoms with E-state index in [1.807, 2.05) is 24.3 Å². The summed E-state index contributed by atoms with van der Waals surface area (Å²) in [5, 5.41) is 33.7. The van der Waals surface area contributed by atoms with E-state index in [-0.39, 0.29) is 11.5 Å². The molecule has 168 valence electrons. The van der Waals surface area contributed by atoms with E-state index in [0.717, 1.165) is 36.1 Å². The van der Waals surface area contributed by atoms with E-state index in [4.69, 9.17) is 4.74 Å². The maximum atomic E-state index is 10.7. The molecular weight excluding hydrogens is 416 g/mol. The number of tetrazole rings is 1. The van der Waals surface area contributed by atoms with Gasteiger partial charge in [0.05, 0.1) is 18.4 Å². The van der Waals surface area contributed by atoms with E-state index in [9.17, 15) is 10.2 Å². The molecule has 33 heavy (non-hydrogen) atoms. The van der Waals surface area contributed by atoms with Crippen molar-refractivity contribution in [1.29, 1.82) is 0 Å². The van der Waals surface area contributed by atoms with Crippen molar-refractivity contribution >= 4 is 0 Å². The van der Waals surface area contributed by atoms with E-state index in [1.54, 1.807) is 17.9 Å². The van der Waals surface area contributed by atoms with Crippen LogP contribution in [0.5, 0.6) is 17.2 Å². The zero-order chi connectivity index (χ0) is 23.1. The van der Waals surface area contributed by atoms with Gasteiger partial charge in [-0.2, -0.15) is 4.68 Å². The molecule has 0 spiro atoms. The van der Waals surface area contributed by atoms with Crippen LogP contribution in [0.4, 0.5) is 0 Å². The van der Waals surface area contributed by atoms with Gasteiger partial charge in [-0.3, -0.25) is 0 Å². The minimum atomic E-state index is -0.104. The number of phenols is 2. The van der Waals surface area contributed by atoms with Gasteiger partial charge in [0, 0.05) is 17.2 Å². The standard InChI is InChI=1S/C26H26N4O3/c1-15(2)17-8-10-25(33-3)21(12-17)20-13-22(24(32)14-23(20)31)26-27-28-29-30(26)19-9-7-16-5-4-6-18(16)11-19/h7-15,31-32H,4-6H2,1-3H3. The first-order valence-electron chi connectivity index (χ1n) is 11.1. The van der Waals surface area contributed by atoms with Crippen LogP contribution >= 0.6 is 0 Å². The third kappa shape index (κ3) is 3.69. The molecule has 0 saturated carbocycles. The minimum Gasteiger partial charge on any atom is -0.507 e.